The van der Waals surface area contributed by atoms with Crippen LogP contribution >= 0.6 is 0 Å². The quantitative estimate of drug-likeness (QED) is 0.790. The van der Waals surface area contributed by atoms with Crippen LogP contribution in [0.3, 0.4) is 0 Å². The first kappa shape index (κ1) is 11.7. The Hall–Kier alpha value is -1.75. The van der Waals surface area contributed by atoms with Gasteiger partial charge in [0, 0.05) is 32.6 Å². The van der Waals surface area contributed by atoms with Gasteiger partial charge in [0.2, 0.25) is 5.89 Å². The second-order valence-corrected chi connectivity index (χ2v) is 3.92. The first-order chi connectivity index (χ1) is 8.25. The molecule has 0 unspecified atom stereocenters. The molecule has 0 atom stereocenters. The Morgan fingerprint density at radius 2 is 2.24 bits per heavy atom. The number of aromatic nitrogens is 3. The molecule has 0 aliphatic rings. The first-order valence-corrected chi connectivity index (χ1v) is 5.66. The fraction of sp³-hybridized carbons (Fsp3) is 0.417. The molecule has 5 heteroatoms. The van der Waals surface area contributed by atoms with E-state index >= 15 is 0 Å². The molecule has 0 saturated carbocycles. The molecule has 0 radical (unpaired) electrons. The standard InChI is InChI=1S/C12H16N4O/c1-9-4-3-6-14-11(9)8-13-7-5-12-15-10(2)17-16-12/h3-4,6,13H,5,7-8H2,1-2H3. The molecule has 90 valence electrons. The van der Waals surface area contributed by atoms with Gasteiger partial charge in [-0.05, 0) is 18.6 Å². The molecule has 0 saturated heterocycles. The van der Waals surface area contributed by atoms with Crippen molar-refractivity contribution in [2.45, 2.75) is 26.8 Å². The van der Waals surface area contributed by atoms with Crippen molar-refractivity contribution in [3.63, 3.8) is 0 Å². The molecule has 0 aliphatic carbocycles. The van der Waals surface area contributed by atoms with Gasteiger partial charge in [-0.2, -0.15) is 4.98 Å². The average Bonchev–Trinajstić information content (AvgIpc) is 2.73. The molecule has 0 aromatic carbocycles. The van der Waals surface area contributed by atoms with Crippen molar-refractivity contribution in [1.82, 2.24) is 20.4 Å². The summed E-state index contributed by atoms with van der Waals surface area (Å²) in [6, 6.07) is 4.01. The second-order valence-electron chi connectivity index (χ2n) is 3.92. The largest absolute Gasteiger partial charge is 0.340 e. The molecular formula is C12H16N4O. The van der Waals surface area contributed by atoms with Crippen LogP contribution in [-0.4, -0.2) is 21.7 Å². The van der Waals surface area contributed by atoms with Gasteiger partial charge in [0.05, 0.1) is 5.69 Å². The van der Waals surface area contributed by atoms with Crippen molar-refractivity contribution in [2.24, 2.45) is 0 Å². The second kappa shape index (κ2) is 5.54. The minimum Gasteiger partial charge on any atom is -0.340 e. The summed E-state index contributed by atoms with van der Waals surface area (Å²) in [6.07, 6.45) is 2.58. The Morgan fingerprint density at radius 1 is 1.35 bits per heavy atom. The fourth-order valence-corrected chi connectivity index (χ4v) is 1.55. The van der Waals surface area contributed by atoms with Gasteiger partial charge >= 0.3 is 0 Å². The molecule has 0 aliphatic heterocycles. The van der Waals surface area contributed by atoms with E-state index in [0.29, 0.717) is 5.89 Å². The van der Waals surface area contributed by atoms with E-state index in [0.717, 1.165) is 31.0 Å². The Morgan fingerprint density at radius 3 is 2.94 bits per heavy atom. The van der Waals surface area contributed by atoms with Gasteiger partial charge in [-0.3, -0.25) is 4.98 Å². The number of hydrogen-bond acceptors (Lipinski definition) is 5. The predicted molar refractivity (Wildman–Crippen MR) is 63.4 cm³/mol. The van der Waals surface area contributed by atoms with Crippen molar-refractivity contribution in [1.29, 1.82) is 0 Å². The van der Waals surface area contributed by atoms with E-state index in [1.165, 1.54) is 5.56 Å². The number of aryl methyl sites for hydroxylation is 2. The molecular weight excluding hydrogens is 216 g/mol. The maximum atomic E-state index is 4.90. The number of rotatable bonds is 5. The first-order valence-electron chi connectivity index (χ1n) is 5.66. The van der Waals surface area contributed by atoms with Crippen molar-refractivity contribution in [3.05, 3.63) is 41.3 Å². The van der Waals surface area contributed by atoms with Crippen LogP contribution in [0.15, 0.2) is 22.9 Å². The third kappa shape index (κ3) is 3.35. The van der Waals surface area contributed by atoms with Crippen LogP contribution in [0.2, 0.25) is 0 Å². The van der Waals surface area contributed by atoms with Crippen molar-refractivity contribution in [3.8, 4) is 0 Å². The van der Waals surface area contributed by atoms with Crippen LogP contribution in [0.4, 0.5) is 0 Å². The molecule has 2 aromatic rings. The van der Waals surface area contributed by atoms with Gasteiger partial charge in [0.1, 0.15) is 0 Å². The van der Waals surface area contributed by atoms with E-state index in [-0.39, 0.29) is 0 Å². The fourth-order valence-electron chi connectivity index (χ4n) is 1.55. The minimum absolute atomic E-state index is 0.612. The minimum atomic E-state index is 0.612. The molecule has 0 spiro atoms. The van der Waals surface area contributed by atoms with Gasteiger partial charge in [-0.1, -0.05) is 11.2 Å². The summed E-state index contributed by atoms with van der Waals surface area (Å²) < 4.78 is 4.90. The molecule has 17 heavy (non-hydrogen) atoms. The van der Waals surface area contributed by atoms with Gasteiger partial charge in [0.25, 0.3) is 0 Å². The Labute approximate surface area is 100 Å². The highest BCUT2D eigenvalue weighted by atomic mass is 16.5. The van der Waals surface area contributed by atoms with Gasteiger partial charge in [-0.15, -0.1) is 0 Å². The monoisotopic (exact) mass is 232 g/mol. The van der Waals surface area contributed by atoms with Crippen LogP contribution < -0.4 is 5.32 Å². The van der Waals surface area contributed by atoms with Gasteiger partial charge in [-0.25, -0.2) is 0 Å². The number of hydrogen-bond donors (Lipinski definition) is 1. The summed E-state index contributed by atoms with van der Waals surface area (Å²) in [7, 11) is 0. The number of nitrogens with zero attached hydrogens (tertiary/aromatic N) is 3. The SMILES string of the molecule is Cc1nc(CCNCc2ncccc2C)no1. The maximum Gasteiger partial charge on any atom is 0.223 e. The summed E-state index contributed by atoms with van der Waals surface area (Å²) in [4.78, 5) is 8.45. The van der Waals surface area contributed by atoms with Gasteiger partial charge < -0.3 is 9.84 Å². The molecule has 5 nitrogen and oxygen atoms in total. The van der Waals surface area contributed by atoms with E-state index < -0.39 is 0 Å². The molecule has 2 heterocycles. The maximum absolute atomic E-state index is 4.90. The highest BCUT2D eigenvalue weighted by molar-refractivity contribution is 5.17. The Kier molecular flexibility index (Phi) is 3.82. The van der Waals surface area contributed by atoms with Crippen LogP contribution in [0.1, 0.15) is 23.0 Å². The topological polar surface area (TPSA) is 63.8 Å². The zero-order valence-electron chi connectivity index (χ0n) is 10.1. The number of pyridine rings is 1. The van der Waals surface area contributed by atoms with E-state index in [9.17, 15) is 0 Å². The smallest absolute Gasteiger partial charge is 0.223 e. The van der Waals surface area contributed by atoms with E-state index in [4.69, 9.17) is 4.52 Å². The Bertz CT molecular complexity index is 481. The highest BCUT2D eigenvalue weighted by Crippen LogP contribution is 2.02. The molecule has 0 fully saturated rings. The Balaban J connectivity index is 1.75. The van der Waals surface area contributed by atoms with Crippen LogP contribution in [0, 0.1) is 13.8 Å². The zero-order chi connectivity index (χ0) is 12.1. The summed E-state index contributed by atoms with van der Waals surface area (Å²) in [6.45, 7) is 5.44. The normalized spacial score (nSPS) is 10.7. The van der Waals surface area contributed by atoms with E-state index in [1.54, 1.807) is 6.92 Å². The van der Waals surface area contributed by atoms with Crippen LogP contribution in [0.25, 0.3) is 0 Å². The zero-order valence-corrected chi connectivity index (χ0v) is 10.1. The lowest BCUT2D eigenvalue weighted by atomic mass is 10.2. The molecule has 0 amide bonds. The van der Waals surface area contributed by atoms with Crippen LogP contribution in [-0.2, 0) is 13.0 Å². The van der Waals surface area contributed by atoms with Crippen molar-refractivity contribution < 1.29 is 4.52 Å². The summed E-state index contributed by atoms with van der Waals surface area (Å²) in [5, 5.41) is 7.15. The van der Waals surface area contributed by atoms with Crippen molar-refractivity contribution >= 4 is 0 Å². The lowest BCUT2D eigenvalue weighted by Gasteiger charge is -2.05. The molecule has 2 rings (SSSR count). The molecule has 2 aromatic heterocycles. The summed E-state index contributed by atoms with van der Waals surface area (Å²) >= 11 is 0. The average molecular weight is 232 g/mol. The lowest BCUT2D eigenvalue weighted by molar-refractivity contribution is 0.387. The van der Waals surface area contributed by atoms with Crippen LogP contribution in [0.5, 0.6) is 0 Å². The van der Waals surface area contributed by atoms with E-state index in [2.05, 4.69) is 33.4 Å². The third-order valence-electron chi connectivity index (χ3n) is 2.51. The predicted octanol–water partition coefficient (Wildman–Crippen LogP) is 1.41. The molecule has 1 N–H and O–H groups in total. The van der Waals surface area contributed by atoms with E-state index in [1.807, 2.05) is 12.3 Å². The summed E-state index contributed by atoms with van der Waals surface area (Å²) in [5.74, 6) is 1.35. The number of nitrogens with one attached hydrogen (secondary N) is 1. The highest BCUT2D eigenvalue weighted by Gasteiger charge is 2.02. The molecule has 0 bridgehead atoms. The van der Waals surface area contributed by atoms with Gasteiger partial charge in [0.15, 0.2) is 5.82 Å². The van der Waals surface area contributed by atoms with Crippen molar-refractivity contribution in [2.75, 3.05) is 6.54 Å². The lowest BCUT2D eigenvalue weighted by Crippen LogP contribution is -2.18. The third-order valence-corrected chi connectivity index (χ3v) is 2.51. The summed E-state index contributed by atoms with van der Waals surface area (Å²) in [5.41, 5.74) is 2.28.